The number of rotatable bonds is 5. The lowest BCUT2D eigenvalue weighted by Gasteiger charge is -2.19. The molecule has 3 rings (SSSR count). The van der Waals surface area contributed by atoms with Gasteiger partial charge in [-0.05, 0) is 30.5 Å². The molecule has 3 amide bonds. The van der Waals surface area contributed by atoms with E-state index in [1.54, 1.807) is 23.2 Å². The molecular formula is C18H20N4O2. The highest BCUT2D eigenvalue weighted by molar-refractivity contribution is 6.00. The number of nitrogens with one attached hydrogen (secondary N) is 2. The molecule has 1 aromatic carbocycles. The Kier molecular flexibility index (Phi) is 5.05. The molecule has 0 spiro atoms. The Morgan fingerprint density at radius 3 is 2.75 bits per heavy atom. The SMILES string of the molecule is O=C(NCCc1ccccc1)Nc1ncccc1N1CCCC1=O. The molecule has 2 N–H and O–H groups in total. The van der Waals surface area contributed by atoms with E-state index >= 15 is 0 Å². The monoisotopic (exact) mass is 324 g/mol. The minimum Gasteiger partial charge on any atom is -0.337 e. The van der Waals surface area contributed by atoms with Crippen molar-refractivity contribution in [1.82, 2.24) is 10.3 Å². The van der Waals surface area contributed by atoms with E-state index in [0.29, 0.717) is 31.0 Å². The zero-order chi connectivity index (χ0) is 16.8. The largest absolute Gasteiger partial charge is 0.337 e. The van der Waals surface area contributed by atoms with Crippen LogP contribution >= 0.6 is 0 Å². The van der Waals surface area contributed by atoms with Gasteiger partial charge in [0.1, 0.15) is 0 Å². The van der Waals surface area contributed by atoms with Crippen molar-refractivity contribution >= 4 is 23.4 Å². The first-order valence-corrected chi connectivity index (χ1v) is 8.08. The fraction of sp³-hybridized carbons (Fsp3) is 0.278. The van der Waals surface area contributed by atoms with Crippen molar-refractivity contribution in [2.75, 3.05) is 23.3 Å². The van der Waals surface area contributed by atoms with Gasteiger partial charge in [-0.15, -0.1) is 0 Å². The molecule has 0 aliphatic carbocycles. The van der Waals surface area contributed by atoms with E-state index in [2.05, 4.69) is 15.6 Å². The minimum atomic E-state index is -0.322. The summed E-state index contributed by atoms with van der Waals surface area (Å²) < 4.78 is 0. The molecule has 1 fully saturated rings. The molecule has 124 valence electrons. The highest BCUT2D eigenvalue weighted by Gasteiger charge is 2.24. The van der Waals surface area contributed by atoms with Gasteiger partial charge in [-0.2, -0.15) is 0 Å². The topological polar surface area (TPSA) is 74.3 Å². The van der Waals surface area contributed by atoms with E-state index in [4.69, 9.17) is 0 Å². The number of aromatic nitrogens is 1. The minimum absolute atomic E-state index is 0.0653. The second kappa shape index (κ2) is 7.59. The second-order valence-electron chi connectivity index (χ2n) is 5.64. The molecule has 0 bridgehead atoms. The molecule has 6 heteroatoms. The van der Waals surface area contributed by atoms with Crippen LogP contribution in [0.15, 0.2) is 48.7 Å². The number of hydrogen-bond acceptors (Lipinski definition) is 3. The highest BCUT2D eigenvalue weighted by Crippen LogP contribution is 2.27. The van der Waals surface area contributed by atoms with Gasteiger partial charge in [-0.1, -0.05) is 30.3 Å². The summed E-state index contributed by atoms with van der Waals surface area (Å²) in [6.07, 6.45) is 3.73. The number of nitrogens with zero attached hydrogens (tertiary/aromatic N) is 2. The first kappa shape index (κ1) is 16.0. The Balaban J connectivity index is 1.57. The first-order valence-electron chi connectivity index (χ1n) is 8.08. The van der Waals surface area contributed by atoms with Gasteiger partial charge in [0, 0.05) is 25.7 Å². The Labute approximate surface area is 140 Å². The maximum atomic E-state index is 12.1. The highest BCUT2D eigenvalue weighted by atomic mass is 16.2. The molecule has 0 unspecified atom stereocenters. The summed E-state index contributed by atoms with van der Waals surface area (Å²) in [5.41, 5.74) is 1.82. The predicted octanol–water partition coefficient (Wildman–Crippen LogP) is 2.57. The van der Waals surface area contributed by atoms with Crippen LogP contribution < -0.4 is 15.5 Å². The molecule has 1 aromatic heterocycles. The smallest absolute Gasteiger partial charge is 0.320 e. The summed E-state index contributed by atoms with van der Waals surface area (Å²) in [5.74, 6) is 0.473. The van der Waals surface area contributed by atoms with E-state index in [-0.39, 0.29) is 11.9 Å². The summed E-state index contributed by atoms with van der Waals surface area (Å²) in [5, 5.41) is 5.55. The third-order valence-electron chi connectivity index (χ3n) is 3.92. The number of hydrogen-bond donors (Lipinski definition) is 2. The summed E-state index contributed by atoms with van der Waals surface area (Å²) in [4.78, 5) is 29.9. The van der Waals surface area contributed by atoms with Gasteiger partial charge in [0.25, 0.3) is 0 Å². The fourth-order valence-corrected chi connectivity index (χ4v) is 2.73. The van der Waals surface area contributed by atoms with E-state index < -0.39 is 0 Å². The summed E-state index contributed by atoms with van der Waals surface area (Å²) in [6.45, 7) is 1.19. The molecule has 1 aliphatic rings. The quantitative estimate of drug-likeness (QED) is 0.887. The third kappa shape index (κ3) is 3.90. The molecule has 1 aliphatic heterocycles. The number of urea groups is 1. The van der Waals surface area contributed by atoms with Crippen LogP contribution in [0.25, 0.3) is 0 Å². The standard InChI is InChI=1S/C18H20N4O2/c23-16-9-5-13-22(16)15-8-4-11-19-17(15)21-18(24)20-12-10-14-6-2-1-3-7-14/h1-4,6-8,11H,5,9-10,12-13H2,(H2,19,20,21,24). The van der Waals surface area contributed by atoms with Crippen LogP contribution in [0.2, 0.25) is 0 Å². The van der Waals surface area contributed by atoms with Gasteiger partial charge in [0.2, 0.25) is 5.91 Å². The Hall–Kier alpha value is -2.89. The van der Waals surface area contributed by atoms with Gasteiger partial charge in [-0.25, -0.2) is 9.78 Å². The van der Waals surface area contributed by atoms with E-state index in [9.17, 15) is 9.59 Å². The second-order valence-corrected chi connectivity index (χ2v) is 5.64. The lowest BCUT2D eigenvalue weighted by Crippen LogP contribution is -2.32. The van der Waals surface area contributed by atoms with Crippen LogP contribution in [0, 0.1) is 0 Å². The zero-order valence-corrected chi connectivity index (χ0v) is 13.4. The van der Waals surface area contributed by atoms with Gasteiger partial charge in [0.15, 0.2) is 5.82 Å². The normalized spacial score (nSPS) is 13.8. The number of carbonyl (C=O) groups excluding carboxylic acids is 2. The number of amides is 3. The fourth-order valence-electron chi connectivity index (χ4n) is 2.73. The Bertz CT molecular complexity index is 718. The van der Waals surface area contributed by atoms with Crippen molar-refractivity contribution in [3.05, 3.63) is 54.2 Å². The van der Waals surface area contributed by atoms with Crippen LogP contribution in [0.4, 0.5) is 16.3 Å². The first-order chi connectivity index (χ1) is 11.7. The number of anilines is 2. The maximum Gasteiger partial charge on any atom is 0.320 e. The van der Waals surface area contributed by atoms with Crippen LogP contribution in [-0.4, -0.2) is 30.0 Å². The number of benzene rings is 1. The lowest BCUT2D eigenvalue weighted by atomic mass is 10.1. The van der Waals surface area contributed by atoms with Crippen molar-refractivity contribution in [3.63, 3.8) is 0 Å². The molecule has 24 heavy (non-hydrogen) atoms. The van der Waals surface area contributed by atoms with Crippen molar-refractivity contribution in [2.45, 2.75) is 19.3 Å². The molecule has 2 aromatic rings. The molecule has 2 heterocycles. The van der Waals surface area contributed by atoms with Crippen molar-refractivity contribution in [1.29, 1.82) is 0 Å². The van der Waals surface area contributed by atoms with Crippen LogP contribution in [-0.2, 0) is 11.2 Å². The van der Waals surface area contributed by atoms with E-state index in [0.717, 1.165) is 12.8 Å². The van der Waals surface area contributed by atoms with Gasteiger partial charge >= 0.3 is 6.03 Å². The molecule has 6 nitrogen and oxygen atoms in total. The van der Waals surface area contributed by atoms with E-state index in [1.165, 1.54) is 5.56 Å². The molecular weight excluding hydrogens is 304 g/mol. The molecule has 1 saturated heterocycles. The van der Waals surface area contributed by atoms with Gasteiger partial charge in [0.05, 0.1) is 5.69 Å². The lowest BCUT2D eigenvalue weighted by molar-refractivity contribution is -0.117. The van der Waals surface area contributed by atoms with Gasteiger partial charge in [-0.3, -0.25) is 10.1 Å². The number of pyridine rings is 1. The zero-order valence-electron chi connectivity index (χ0n) is 13.4. The van der Waals surface area contributed by atoms with Crippen LogP contribution in [0.3, 0.4) is 0 Å². The maximum absolute atomic E-state index is 12.1. The average molecular weight is 324 g/mol. The van der Waals surface area contributed by atoms with Crippen molar-refractivity contribution in [2.24, 2.45) is 0 Å². The molecule has 0 radical (unpaired) electrons. The Morgan fingerprint density at radius 2 is 2.00 bits per heavy atom. The third-order valence-corrected chi connectivity index (χ3v) is 3.92. The van der Waals surface area contributed by atoms with Crippen LogP contribution in [0.1, 0.15) is 18.4 Å². The summed E-state index contributed by atoms with van der Waals surface area (Å²) in [7, 11) is 0. The number of carbonyl (C=O) groups is 2. The summed E-state index contributed by atoms with van der Waals surface area (Å²) in [6, 6.07) is 13.2. The van der Waals surface area contributed by atoms with Crippen molar-refractivity contribution in [3.8, 4) is 0 Å². The van der Waals surface area contributed by atoms with Crippen molar-refractivity contribution < 1.29 is 9.59 Å². The molecule has 0 saturated carbocycles. The van der Waals surface area contributed by atoms with Gasteiger partial charge < -0.3 is 10.2 Å². The summed E-state index contributed by atoms with van der Waals surface area (Å²) >= 11 is 0. The average Bonchev–Trinajstić information content (AvgIpc) is 3.02. The predicted molar refractivity (Wildman–Crippen MR) is 93.0 cm³/mol. The van der Waals surface area contributed by atoms with Crippen LogP contribution in [0.5, 0.6) is 0 Å². The van der Waals surface area contributed by atoms with E-state index in [1.807, 2.05) is 30.3 Å². The molecule has 0 atom stereocenters. The Morgan fingerprint density at radius 1 is 1.17 bits per heavy atom.